The Labute approximate surface area is 166 Å². The van der Waals surface area contributed by atoms with Gasteiger partial charge in [0.2, 0.25) is 5.91 Å². The van der Waals surface area contributed by atoms with Crippen molar-refractivity contribution in [1.29, 1.82) is 0 Å². The number of benzene rings is 1. The van der Waals surface area contributed by atoms with Crippen LogP contribution in [-0.2, 0) is 25.5 Å². The van der Waals surface area contributed by atoms with Crippen LogP contribution in [0.15, 0.2) is 30.3 Å². The minimum absolute atomic E-state index is 0.0304. The SMILES string of the molecule is CC(OC(=O)C1CC(=O)N(CCc2ccccc2)C1)C(=O)NC1CCCCC1. The predicted octanol–water partition coefficient (Wildman–Crippen LogP) is 2.46. The maximum absolute atomic E-state index is 12.4. The molecule has 0 radical (unpaired) electrons. The monoisotopic (exact) mass is 386 g/mol. The first-order chi connectivity index (χ1) is 13.5. The van der Waals surface area contributed by atoms with E-state index in [1.165, 1.54) is 6.42 Å². The van der Waals surface area contributed by atoms with E-state index in [2.05, 4.69) is 5.32 Å². The Morgan fingerprint density at radius 1 is 1.18 bits per heavy atom. The second-order valence-corrected chi connectivity index (χ2v) is 7.90. The number of amides is 2. The van der Waals surface area contributed by atoms with Gasteiger partial charge in [0.1, 0.15) is 0 Å². The summed E-state index contributed by atoms with van der Waals surface area (Å²) in [6, 6.07) is 10.1. The number of likely N-dealkylation sites (tertiary alicyclic amines) is 1. The lowest BCUT2D eigenvalue weighted by molar-refractivity contribution is -0.158. The van der Waals surface area contributed by atoms with E-state index in [1.807, 2.05) is 30.3 Å². The van der Waals surface area contributed by atoms with Crippen LogP contribution < -0.4 is 5.32 Å². The normalized spacial score (nSPS) is 21.4. The summed E-state index contributed by atoms with van der Waals surface area (Å²) in [5, 5.41) is 2.98. The van der Waals surface area contributed by atoms with Gasteiger partial charge in [-0.25, -0.2) is 0 Å². The topological polar surface area (TPSA) is 75.7 Å². The summed E-state index contributed by atoms with van der Waals surface area (Å²) in [7, 11) is 0. The standard InChI is InChI=1S/C22H30N2O4/c1-16(21(26)23-19-10-6-3-7-11-19)28-22(27)18-14-20(25)24(15-18)13-12-17-8-4-2-5-9-17/h2,4-5,8-9,16,18-19H,3,6-7,10-15H2,1H3,(H,23,26). The van der Waals surface area contributed by atoms with Gasteiger partial charge in [-0.05, 0) is 31.7 Å². The van der Waals surface area contributed by atoms with Gasteiger partial charge < -0.3 is 15.0 Å². The fraction of sp³-hybridized carbons (Fsp3) is 0.591. The molecule has 2 fully saturated rings. The third-order valence-corrected chi connectivity index (χ3v) is 5.67. The Bertz CT molecular complexity index is 685. The smallest absolute Gasteiger partial charge is 0.312 e. The molecule has 28 heavy (non-hydrogen) atoms. The predicted molar refractivity (Wildman–Crippen MR) is 105 cm³/mol. The number of nitrogens with zero attached hydrogens (tertiary/aromatic N) is 1. The summed E-state index contributed by atoms with van der Waals surface area (Å²) >= 11 is 0. The average molecular weight is 386 g/mol. The van der Waals surface area contributed by atoms with Crippen LogP contribution in [-0.4, -0.2) is 47.9 Å². The van der Waals surface area contributed by atoms with Crippen LogP contribution in [0.3, 0.4) is 0 Å². The highest BCUT2D eigenvalue weighted by Crippen LogP contribution is 2.21. The Morgan fingerprint density at radius 2 is 1.89 bits per heavy atom. The van der Waals surface area contributed by atoms with Gasteiger partial charge in [0, 0.05) is 25.6 Å². The molecule has 2 amide bonds. The first-order valence-electron chi connectivity index (χ1n) is 10.4. The van der Waals surface area contributed by atoms with Crippen LogP contribution in [0.5, 0.6) is 0 Å². The number of hydrogen-bond donors (Lipinski definition) is 1. The highest BCUT2D eigenvalue weighted by Gasteiger charge is 2.36. The third-order valence-electron chi connectivity index (χ3n) is 5.67. The first-order valence-corrected chi connectivity index (χ1v) is 10.4. The van der Waals surface area contributed by atoms with Crippen molar-refractivity contribution in [2.24, 2.45) is 5.92 Å². The molecule has 1 aromatic carbocycles. The minimum Gasteiger partial charge on any atom is -0.452 e. The van der Waals surface area contributed by atoms with E-state index in [0.717, 1.165) is 37.7 Å². The van der Waals surface area contributed by atoms with Crippen molar-refractivity contribution in [3.8, 4) is 0 Å². The Morgan fingerprint density at radius 3 is 2.61 bits per heavy atom. The van der Waals surface area contributed by atoms with E-state index in [0.29, 0.717) is 13.1 Å². The van der Waals surface area contributed by atoms with E-state index in [1.54, 1.807) is 11.8 Å². The molecule has 0 aromatic heterocycles. The summed E-state index contributed by atoms with van der Waals surface area (Å²) in [5.74, 6) is -1.22. The Kier molecular flexibility index (Phi) is 7.06. The van der Waals surface area contributed by atoms with Crippen LogP contribution in [0.4, 0.5) is 0 Å². The van der Waals surface area contributed by atoms with Crippen LogP contribution >= 0.6 is 0 Å². The van der Waals surface area contributed by atoms with Gasteiger partial charge in [0.05, 0.1) is 5.92 Å². The lowest BCUT2D eigenvalue weighted by Crippen LogP contribution is -2.43. The zero-order valence-electron chi connectivity index (χ0n) is 16.6. The van der Waals surface area contributed by atoms with Crippen LogP contribution in [0.2, 0.25) is 0 Å². The van der Waals surface area contributed by atoms with E-state index < -0.39 is 18.0 Å². The summed E-state index contributed by atoms with van der Waals surface area (Å²) < 4.78 is 5.37. The van der Waals surface area contributed by atoms with Crippen molar-refractivity contribution in [1.82, 2.24) is 10.2 Å². The van der Waals surface area contributed by atoms with Gasteiger partial charge >= 0.3 is 5.97 Å². The zero-order chi connectivity index (χ0) is 19.9. The first kappa shape index (κ1) is 20.4. The minimum atomic E-state index is -0.831. The number of carbonyl (C=O) groups excluding carboxylic acids is 3. The molecule has 0 spiro atoms. The van der Waals surface area contributed by atoms with Crippen molar-refractivity contribution in [2.75, 3.05) is 13.1 Å². The molecule has 2 aliphatic rings. The molecule has 6 nitrogen and oxygen atoms in total. The van der Waals surface area contributed by atoms with E-state index in [4.69, 9.17) is 4.74 Å². The molecule has 1 aliphatic carbocycles. The highest BCUT2D eigenvalue weighted by molar-refractivity contribution is 5.89. The van der Waals surface area contributed by atoms with Crippen molar-refractivity contribution < 1.29 is 19.1 Å². The summed E-state index contributed by atoms with van der Waals surface area (Å²) in [6.07, 6.45) is 5.53. The molecule has 0 bridgehead atoms. The maximum atomic E-state index is 12.4. The Hall–Kier alpha value is -2.37. The van der Waals surface area contributed by atoms with Crippen molar-refractivity contribution in [2.45, 2.75) is 64.0 Å². The van der Waals surface area contributed by atoms with Crippen LogP contribution in [0.1, 0.15) is 51.0 Å². The van der Waals surface area contributed by atoms with E-state index >= 15 is 0 Å². The largest absolute Gasteiger partial charge is 0.452 e. The van der Waals surface area contributed by atoms with Crippen molar-refractivity contribution in [3.63, 3.8) is 0 Å². The second kappa shape index (κ2) is 9.71. The molecule has 1 N–H and O–H groups in total. The van der Waals surface area contributed by atoms with Gasteiger partial charge in [0.25, 0.3) is 5.91 Å². The molecular formula is C22H30N2O4. The van der Waals surface area contributed by atoms with Gasteiger partial charge in [-0.2, -0.15) is 0 Å². The zero-order valence-corrected chi connectivity index (χ0v) is 16.6. The van der Waals surface area contributed by atoms with Gasteiger partial charge in [0.15, 0.2) is 6.10 Å². The van der Waals surface area contributed by atoms with E-state index in [-0.39, 0.29) is 24.3 Å². The number of nitrogens with one attached hydrogen (secondary N) is 1. The molecule has 152 valence electrons. The molecule has 1 saturated heterocycles. The lowest BCUT2D eigenvalue weighted by Gasteiger charge is -2.24. The number of rotatable bonds is 7. The quantitative estimate of drug-likeness (QED) is 0.731. The molecule has 1 saturated carbocycles. The number of esters is 1. The van der Waals surface area contributed by atoms with Crippen molar-refractivity contribution in [3.05, 3.63) is 35.9 Å². The number of ether oxygens (including phenoxy) is 1. The van der Waals surface area contributed by atoms with Gasteiger partial charge in [-0.15, -0.1) is 0 Å². The van der Waals surface area contributed by atoms with Gasteiger partial charge in [-0.3, -0.25) is 14.4 Å². The molecule has 1 aromatic rings. The fourth-order valence-corrected chi connectivity index (χ4v) is 3.94. The second-order valence-electron chi connectivity index (χ2n) is 7.90. The average Bonchev–Trinajstić information content (AvgIpc) is 3.08. The molecule has 3 rings (SSSR count). The molecule has 1 aliphatic heterocycles. The fourth-order valence-electron chi connectivity index (χ4n) is 3.94. The highest BCUT2D eigenvalue weighted by atomic mass is 16.5. The summed E-state index contributed by atoms with van der Waals surface area (Å²) in [4.78, 5) is 38.7. The summed E-state index contributed by atoms with van der Waals surface area (Å²) in [6.45, 7) is 2.55. The van der Waals surface area contributed by atoms with E-state index in [9.17, 15) is 14.4 Å². The lowest BCUT2D eigenvalue weighted by atomic mass is 9.95. The maximum Gasteiger partial charge on any atom is 0.312 e. The molecule has 6 heteroatoms. The molecule has 2 unspecified atom stereocenters. The number of hydrogen-bond acceptors (Lipinski definition) is 4. The summed E-state index contributed by atoms with van der Waals surface area (Å²) in [5.41, 5.74) is 1.16. The molecular weight excluding hydrogens is 356 g/mol. The van der Waals surface area contributed by atoms with Crippen LogP contribution in [0, 0.1) is 5.92 Å². The number of carbonyl (C=O) groups is 3. The Balaban J connectivity index is 1.43. The molecule has 1 heterocycles. The van der Waals surface area contributed by atoms with Gasteiger partial charge in [-0.1, -0.05) is 49.6 Å². The van der Waals surface area contributed by atoms with Crippen LogP contribution in [0.25, 0.3) is 0 Å². The molecule has 2 atom stereocenters. The van der Waals surface area contributed by atoms with Crippen molar-refractivity contribution >= 4 is 17.8 Å². The third kappa shape index (κ3) is 5.57.